The van der Waals surface area contributed by atoms with E-state index in [1.165, 1.54) is 0 Å². The number of alkyl halides is 6. The van der Waals surface area contributed by atoms with Gasteiger partial charge in [-0.05, 0) is 37.0 Å². The van der Waals surface area contributed by atoms with Crippen LogP contribution in [-0.2, 0) is 20.9 Å². The molecule has 1 spiro atoms. The molecule has 1 amide bonds. The summed E-state index contributed by atoms with van der Waals surface area (Å²) in [6.07, 6.45) is -0.179. The third kappa shape index (κ3) is 8.55. The minimum atomic E-state index is -5.08. The number of halogens is 6. The van der Waals surface area contributed by atoms with Crippen LogP contribution in [0.15, 0.2) is 43.0 Å². The molecule has 2 saturated heterocycles. The van der Waals surface area contributed by atoms with Crippen LogP contribution < -0.4 is 4.90 Å². The molecule has 2 aliphatic rings. The van der Waals surface area contributed by atoms with Crippen LogP contribution in [0.4, 0.5) is 32.3 Å². The molecule has 2 aromatic heterocycles. The number of likely N-dealkylation sites (tertiary alicyclic amines) is 1. The molecule has 2 aliphatic heterocycles. The van der Waals surface area contributed by atoms with Crippen LogP contribution in [0.1, 0.15) is 24.8 Å². The number of carbonyl (C=O) groups excluding carboxylic acids is 1. The first-order valence-electron chi connectivity index (χ1n) is 11.0. The second-order valence-corrected chi connectivity index (χ2v) is 8.30. The van der Waals surface area contributed by atoms with E-state index >= 15 is 0 Å². The van der Waals surface area contributed by atoms with Gasteiger partial charge in [-0.1, -0.05) is 6.07 Å². The molecule has 16 heteroatoms. The van der Waals surface area contributed by atoms with Gasteiger partial charge >= 0.3 is 24.3 Å². The Morgan fingerprint density at radius 3 is 2.00 bits per heavy atom. The van der Waals surface area contributed by atoms with Crippen LogP contribution in [0.25, 0.3) is 0 Å². The summed E-state index contributed by atoms with van der Waals surface area (Å²) >= 11 is 0. The minimum Gasteiger partial charge on any atom is -0.475 e. The fourth-order valence-corrected chi connectivity index (χ4v) is 3.89. The largest absolute Gasteiger partial charge is 0.490 e. The lowest BCUT2D eigenvalue weighted by molar-refractivity contribution is -0.193. The van der Waals surface area contributed by atoms with Gasteiger partial charge in [0.1, 0.15) is 0 Å². The summed E-state index contributed by atoms with van der Waals surface area (Å²) < 4.78 is 63.5. The maximum Gasteiger partial charge on any atom is 0.490 e. The molecule has 0 saturated carbocycles. The fraction of sp³-hybridized carbons (Fsp3) is 0.455. The summed E-state index contributed by atoms with van der Waals surface area (Å²) in [6.45, 7) is 3.11. The molecule has 1 unspecified atom stereocenters. The Bertz CT molecular complexity index is 1060. The first-order chi connectivity index (χ1) is 17.7. The first kappa shape index (κ1) is 30.2. The van der Waals surface area contributed by atoms with Gasteiger partial charge in [0.05, 0.1) is 5.41 Å². The maximum absolute atomic E-state index is 13.1. The predicted molar refractivity (Wildman–Crippen MR) is 118 cm³/mol. The van der Waals surface area contributed by atoms with E-state index in [4.69, 9.17) is 19.8 Å². The normalized spacial score (nSPS) is 19.3. The number of nitrogens with zero attached hydrogens (tertiary/aromatic N) is 5. The molecule has 0 aliphatic carbocycles. The van der Waals surface area contributed by atoms with E-state index in [0.717, 1.165) is 50.4 Å². The van der Waals surface area contributed by atoms with Gasteiger partial charge in [-0.3, -0.25) is 9.78 Å². The molecule has 10 nitrogen and oxygen atoms in total. The van der Waals surface area contributed by atoms with Crippen molar-refractivity contribution < 1.29 is 50.9 Å². The number of hydrogen-bond donors (Lipinski definition) is 2. The number of carboxylic acids is 2. The number of rotatable bonds is 3. The molecule has 2 N–H and O–H groups in total. The predicted octanol–water partition coefficient (Wildman–Crippen LogP) is 3.16. The average molecular weight is 551 g/mol. The lowest BCUT2D eigenvalue weighted by Crippen LogP contribution is -2.48. The van der Waals surface area contributed by atoms with Gasteiger partial charge in [0.25, 0.3) is 0 Å². The molecule has 0 radical (unpaired) electrons. The molecule has 2 fully saturated rings. The van der Waals surface area contributed by atoms with Crippen LogP contribution in [0.5, 0.6) is 0 Å². The zero-order chi connectivity index (χ0) is 28.6. The van der Waals surface area contributed by atoms with Gasteiger partial charge in [-0.25, -0.2) is 19.6 Å². The Morgan fingerprint density at radius 1 is 0.921 bits per heavy atom. The first-order valence-corrected chi connectivity index (χ1v) is 11.0. The van der Waals surface area contributed by atoms with Gasteiger partial charge < -0.3 is 20.0 Å². The van der Waals surface area contributed by atoms with Crippen LogP contribution in [0.3, 0.4) is 0 Å². The van der Waals surface area contributed by atoms with Crippen molar-refractivity contribution in [1.29, 1.82) is 0 Å². The summed E-state index contributed by atoms with van der Waals surface area (Å²) in [4.78, 5) is 47.9. The Morgan fingerprint density at radius 2 is 1.50 bits per heavy atom. The molecule has 2 aromatic rings. The van der Waals surface area contributed by atoms with Crippen LogP contribution in [0.2, 0.25) is 0 Å². The Labute approximate surface area is 211 Å². The molecule has 0 bridgehead atoms. The monoisotopic (exact) mass is 551 g/mol. The second-order valence-electron chi connectivity index (χ2n) is 8.30. The highest BCUT2D eigenvalue weighted by Gasteiger charge is 2.49. The number of piperidine rings is 1. The number of aromatic nitrogens is 3. The quantitative estimate of drug-likeness (QED) is 0.551. The van der Waals surface area contributed by atoms with Gasteiger partial charge in [0, 0.05) is 51.0 Å². The molecular weight excluding hydrogens is 528 g/mol. The van der Waals surface area contributed by atoms with Crippen LogP contribution >= 0.6 is 0 Å². The van der Waals surface area contributed by atoms with Crippen molar-refractivity contribution >= 4 is 23.8 Å². The lowest BCUT2D eigenvalue weighted by atomic mass is 9.78. The summed E-state index contributed by atoms with van der Waals surface area (Å²) in [6, 6.07) is 5.76. The molecule has 0 aromatic carbocycles. The van der Waals surface area contributed by atoms with Crippen molar-refractivity contribution in [3.8, 4) is 0 Å². The highest BCUT2D eigenvalue weighted by Crippen LogP contribution is 2.41. The number of carbonyl (C=O) groups is 3. The van der Waals surface area contributed by atoms with Crippen molar-refractivity contribution in [2.45, 2.75) is 38.2 Å². The summed E-state index contributed by atoms with van der Waals surface area (Å²) in [7, 11) is 0. The molecular formula is C22H23F6N5O5. The second kappa shape index (κ2) is 12.5. The standard InChI is InChI=1S/C18H21N5O.2C2HF3O2/c24-16-18(6-11-22(16)13-15-4-1-7-19-12-15)5-2-10-23(14-18)17-20-8-3-9-21-17;2*3-2(4,5)1(6)7/h1,3-4,7-9,12H,2,5-6,10-11,13-14H2;2*(H,6,7). The topological polar surface area (TPSA) is 137 Å². The number of aliphatic carboxylic acids is 2. The maximum atomic E-state index is 13.1. The molecule has 1 atom stereocenters. The highest BCUT2D eigenvalue weighted by molar-refractivity contribution is 5.85. The average Bonchev–Trinajstić information content (AvgIpc) is 3.14. The number of carboxylic acid groups (broad SMARTS) is 2. The lowest BCUT2D eigenvalue weighted by Gasteiger charge is -2.39. The molecule has 208 valence electrons. The van der Waals surface area contributed by atoms with Gasteiger partial charge in [0.15, 0.2) is 0 Å². The van der Waals surface area contributed by atoms with E-state index < -0.39 is 24.3 Å². The molecule has 4 heterocycles. The summed E-state index contributed by atoms with van der Waals surface area (Å²) in [5.41, 5.74) is 0.807. The van der Waals surface area contributed by atoms with Gasteiger partial charge in [0.2, 0.25) is 11.9 Å². The van der Waals surface area contributed by atoms with E-state index in [2.05, 4.69) is 19.9 Å². The van der Waals surface area contributed by atoms with E-state index in [0.29, 0.717) is 6.54 Å². The molecule has 38 heavy (non-hydrogen) atoms. The van der Waals surface area contributed by atoms with Gasteiger partial charge in [-0.15, -0.1) is 0 Å². The Balaban J connectivity index is 0.000000301. The van der Waals surface area contributed by atoms with E-state index in [1.54, 1.807) is 18.6 Å². The van der Waals surface area contributed by atoms with E-state index in [1.807, 2.05) is 29.3 Å². The third-order valence-corrected chi connectivity index (χ3v) is 5.59. The van der Waals surface area contributed by atoms with Gasteiger partial charge in [-0.2, -0.15) is 26.3 Å². The van der Waals surface area contributed by atoms with Crippen molar-refractivity contribution in [2.24, 2.45) is 5.41 Å². The van der Waals surface area contributed by atoms with Crippen molar-refractivity contribution in [2.75, 3.05) is 24.5 Å². The molecule has 4 rings (SSSR count). The van der Waals surface area contributed by atoms with E-state index in [-0.39, 0.29) is 11.3 Å². The smallest absolute Gasteiger partial charge is 0.475 e. The summed E-state index contributed by atoms with van der Waals surface area (Å²) in [5.74, 6) is -4.51. The third-order valence-electron chi connectivity index (χ3n) is 5.59. The summed E-state index contributed by atoms with van der Waals surface area (Å²) in [5, 5.41) is 14.2. The number of anilines is 1. The number of hydrogen-bond acceptors (Lipinski definition) is 7. The zero-order valence-electron chi connectivity index (χ0n) is 19.6. The van der Waals surface area contributed by atoms with Crippen molar-refractivity contribution in [3.05, 3.63) is 48.5 Å². The van der Waals surface area contributed by atoms with Crippen LogP contribution in [-0.4, -0.2) is 79.9 Å². The highest BCUT2D eigenvalue weighted by atomic mass is 19.4. The van der Waals surface area contributed by atoms with Crippen LogP contribution in [0, 0.1) is 5.41 Å². The number of pyridine rings is 1. The SMILES string of the molecule is O=C(O)C(F)(F)F.O=C(O)C(F)(F)F.O=C1N(Cc2cccnc2)CCC12CCCN(c1ncccn1)C2. The van der Waals surface area contributed by atoms with E-state index in [9.17, 15) is 31.1 Å². The minimum absolute atomic E-state index is 0.270. The fourth-order valence-electron chi connectivity index (χ4n) is 3.89. The zero-order valence-corrected chi connectivity index (χ0v) is 19.6. The van der Waals surface area contributed by atoms with Crippen molar-refractivity contribution in [1.82, 2.24) is 19.9 Å². The number of amides is 1. The Kier molecular flexibility index (Phi) is 9.96. The Hall–Kier alpha value is -3.98. The van der Waals surface area contributed by atoms with Crippen molar-refractivity contribution in [3.63, 3.8) is 0 Å².